The van der Waals surface area contributed by atoms with Gasteiger partial charge in [0.25, 0.3) is 0 Å². The Hall–Kier alpha value is -2.06. The van der Waals surface area contributed by atoms with E-state index in [1.165, 1.54) is 0 Å². The Labute approximate surface area is 157 Å². The van der Waals surface area contributed by atoms with E-state index >= 15 is 0 Å². The molecule has 1 unspecified atom stereocenters. The average Bonchev–Trinajstić information content (AvgIpc) is 2.67. The first kappa shape index (κ1) is 18.7. The number of ether oxygens (including phenoxy) is 2. The first-order valence-corrected chi connectivity index (χ1v) is 9.48. The van der Waals surface area contributed by atoms with Crippen LogP contribution in [0.5, 0.6) is 11.5 Å². The van der Waals surface area contributed by atoms with E-state index in [4.69, 9.17) is 15.2 Å². The van der Waals surface area contributed by atoms with E-state index < -0.39 is 0 Å². The average molecular weight is 375 g/mol. The Morgan fingerprint density at radius 2 is 2.23 bits per heavy atom. The summed E-state index contributed by atoms with van der Waals surface area (Å²) < 4.78 is 10.8. The normalized spacial score (nSPS) is 18.0. The molecule has 1 fully saturated rings. The summed E-state index contributed by atoms with van der Waals surface area (Å²) in [6, 6.07) is 3.48. The number of piperidine rings is 1. The number of amides is 1. The van der Waals surface area contributed by atoms with E-state index in [9.17, 15) is 4.79 Å². The van der Waals surface area contributed by atoms with E-state index in [1.807, 2.05) is 12.1 Å². The summed E-state index contributed by atoms with van der Waals surface area (Å²) in [6.07, 6.45) is 5.61. The van der Waals surface area contributed by atoms with E-state index in [0.717, 1.165) is 42.2 Å². The van der Waals surface area contributed by atoms with Crippen LogP contribution in [0.2, 0.25) is 0 Å². The number of rotatable bonds is 7. The van der Waals surface area contributed by atoms with Gasteiger partial charge in [0.15, 0.2) is 11.5 Å². The van der Waals surface area contributed by atoms with Gasteiger partial charge in [0, 0.05) is 12.3 Å². The van der Waals surface area contributed by atoms with Crippen molar-refractivity contribution < 1.29 is 14.3 Å². The molecule has 26 heavy (non-hydrogen) atoms. The molecule has 1 amide bonds. The fourth-order valence-electron chi connectivity index (χ4n) is 3.11. The molecule has 1 aliphatic heterocycles. The topological polar surface area (TPSA) is 90.6 Å². The summed E-state index contributed by atoms with van der Waals surface area (Å²) >= 11 is 1.60. The Kier molecular flexibility index (Phi) is 6.16. The number of nitrogens with zero attached hydrogens (tertiary/aromatic N) is 3. The highest BCUT2D eigenvalue weighted by atomic mass is 32.2. The van der Waals surface area contributed by atoms with Crippen molar-refractivity contribution in [1.82, 2.24) is 14.9 Å². The Bertz CT molecular complexity index is 786. The lowest BCUT2D eigenvalue weighted by Crippen LogP contribution is -2.48. The fourth-order valence-corrected chi connectivity index (χ4v) is 3.93. The SMILES string of the molecule is COc1ccc2ncc(SCCN3CC[CH]CC3C(N)=O)nc2c1OC. The molecule has 1 aromatic carbocycles. The molecule has 2 aromatic rings. The standard InChI is InChI=1S/C18H23N4O3S/c1-24-14-7-6-12-16(17(14)25-2)21-15(11-20-12)26-10-9-22-8-4-3-5-13(22)18(19)23/h3,6-7,11,13H,4-5,8-10H2,1-2H3,(H2,19,23). The zero-order valence-corrected chi connectivity index (χ0v) is 15.8. The summed E-state index contributed by atoms with van der Waals surface area (Å²) in [4.78, 5) is 22.9. The van der Waals surface area contributed by atoms with Gasteiger partial charge in [0.2, 0.25) is 5.91 Å². The summed E-state index contributed by atoms with van der Waals surface area (Å²) in [7, 11) is 3.19. The molecule has 139 valence electrons. The first-order chi connectivity index (χ1) is 12.6. The van der Waals surface area contributed by atoms with Gasteiger partial charge in [-0.1, -0.05) is 0 Å². The monoisotopic (exact) mass is 375 g/mol. The minimum atomic E-state index is -0.256. The number of methoxy groups -OCH3 is 2. The van der Waals surface area contributed by atoms with Crippen molar-refractivity contribution in [3.8, 4) is 11.5 Å². The van der Waals surface area contributed by atoms with Crippen molar-refractivity contribution in [3.63, 3.8) is 0 Å². The Morgan fingerprint density at radius 3 is 2.96 bits per heavy atom. The van der Waals surface area contributed by atoms with Crippen LogP contribution in [-0.2, 0) is 4.79 Å². The second kappa shape index (κ2) is 8.55. The zero-order chi connectivity index (χ0) is 18.5. The number of benzene rings is 1. The van der Waals surface area contributed by atoms with Crippen LogP contribution in [0.25, 0.3) is 11.0 Å². The number of nitrogens with two attached hydrogens (primary N) is 1. The van der Waals surface area contributed by atoms with Gasteiger partial charge < -0.3 is 15.2 Å². The van der Waals surface area contributed by atoms with E-state index in [2.05, 4.69) is 21.3 Å². The third kappa shape index (κ3) is 4.02. The number of hydrogen-bond acceptors (Lipinski definition) is 7. The molecule has 0 aliphatic carbocycles. The number of likely N-dealkylation sites (tertiary alicyclic amines) is 1. The number of carbonyl (C=O) groups is 1. The summed E-state index contributed by atoms with van der Waals surface area (Å²) in [6.45, 7) is 1.64. The molecular weight excluding hydrogens is 352 g/mol. The van der Waals surface area contributed by atoms with Crippen LogP contribution in [0.3, 0.4) is 0 Å². The number of primary amides is 1. The number of hydrogen-bond donors (Lipinski definition) is 1. The van der Waals surface area contributed by atoms with E-state index in [0.29, 0.717) is 17.0 Å². The van der Waals surface area contributed by atoms with E-state index in [1.54, 1.807) is 32.2 Å². The van der Waals surface area contributed by atoms with Crippen molar-refractivity contribution >= 4 is 28.7 Å². The lowest BCUT2D eigenvalue weighted by Gasteiger charge is -2.33. The Balaban J connectivity index is 1.70. The molecule has 0 saturated carbocycles. The maximum atomic E-state index is 11.6. The Morgan fingerprint density at radius 1 is 1.38 bits per heavy atom. The van der Waals surface area contributed by atoms with Gasteiger partial charge in [0.05, 0.1) is 32.0 Å². The number of thioether (sulfide) groups is 1. The largest absolute Gasteiger partial charge is 0.493 e. The molecule has 7 nitrogen and oxygen atoms in total. The van der Waals surface area contributed by atoms with Gasteiger partial charge in [-0.15, -0.1) is 11.8 Å². The number of fused-ring (bicyclic) bond motifs is 1. The van der Waals surface area contributed by atoms with Gasteiger partial charge in [-0.25, -0.2) is 4.98 Å². The maximum Gasteiger partial charge on any atom is 0.234 e. The highest BCUT2D eigenvalue weighted by molar-refractivity contribution is 7.99. The van der Waals surface area contributed by atoms with Crippen molar-refractivity contribution in [2.24, 2.45) is 5.73 Å². The van der Waals surface area contributed by atoms with Crippen LogP contribution in [0.15, 0.2) is 23.4 Å². The molecule has 0 bridgehead atoms. The molecule has 0 spiro atoms. The lowest BCUT2D eigenvalue weighted by atomic mass is 10.0. The third-order valence-corrected chi connectivity index (χ3v) is 5.32. The molecule has 2 heterocycles. The summed E-state index contributed by atoms with van der Waals surface area (Å²) in [5, 5.41) is 0.809. The quantitative estimate of drug-likeness (QED) is 0.739. The summed E-state index contributed by atoms with van der Waals surface area (Å²) in [5.41, 5.74) is 6.94. The van der Waals surface area contributed by atoms with Crippen LogP contribution in [0, 0.1) is 6.42 Å². The lowest BCUT2D eigenvalue weighted by molar-refractivity contribution is -0.123. The number of carbonyl (C=O) groups excluding carboxylic acids is 1. The van der Waals surface area contributed by atoms with Crippen LogP contribution in [-0.4, -0.2) is 59.9 Å². The second-order valence-corrected chi connectivity index (χ2v) is 7.11. The molecule has 3 rings (SSSR count). The van der Waals surface area contributed by atoms with Crippen molar-refractivity contribution in [3.05, 3.63) is 24.8 Å². The van der Waals surface area contributed by atoms with Crippen molar-refractivity contribution in [2.75, 3.05) is 33.1 Å². The smallest absolute Gasteiger partial charge is 0.234 e. The molecule has 1 saturated heterocycles. The van der Waals surface area contributed by atoms with Crippen LogP contribution in [0.4, 0.5) is 0 Å². The van der Waals surface area contributed by atoms with Gasteiger partial charge in [-0.05, 0) is 37.9 Å². The van der Waals surface area contributed by atoms with Crippen molar-refractivity contribution in [1.29, 1.82) is 0 Å². The van der Waals surface area contributed by atoms with Crippen LogP contribution < -0.4 is 15.2 Å². The van der Waals surface area contributed by atoms with Gasteiger partial charge >= 0.3 is 0 Å². The minimum absolute atomic E-state index is 0.198. The van der Waals surface area contributed by atoms with Gasteiger partial charge in [-0.2, -0.15) is 0 Å². The zero-order valence-electron chi connectivity index (χ0n) is 15.0. The van der Waals surface area contributed by atoms with E-state index in [-0.39, 0.29) is 11.9 Å². The maximum absolute atomic E-state index is 11.6. The molecular formula is C18H23N4O3S. The summed E-state index contributed by atoms with van der Waals surface area (Å²) in [5.74, 6) is 1.76. The first-order valence-electron chi connectivity index (χ1n) is 8.49. The molecule has 1 aromatic heterocycles. The highest BCUT2D eigenvalue weighted by Gasteiger charge is 2.26. The predicted molar refractivity (Wildman–Crippen MR) is 101 cm³/mol. The van der Waals surface area contributed by atoms with Gasteiger partial charge in [-0.3, -0.25) is 14.7 Å². The molecule has 1 radical (unpaired) electrons. The molecule has 1 atom stereocenters. The molecule has 8 heteroatoms. The molecule has 2 N–H and O–H groups in total. The van der Waals surface area contributed by atoms with Gasteiger partial charge in [0.1, 0.15) is 10.5 Å². The van der Waals surface area contributed by atoms with Crippen LogP contribution in [0.1, 0.15) is 12.8 Å². The third-order valence-electron chi connectivity index (χ3n) is 4.44. The fraction of sp³-hybridized carbons (Fsp3) is 0.444. The highest BCUT2D eigenvalue weighted by Crippen LogP contribution is 2.34. The second-order valence-electron chi connectivity index (χ2n) is 5.99. The minimum Gasteiger partial charge on any atom is -0.493 e. The number of aromatic nitrogens is 2. The predicted octanol–water partition coefficient (Wildman–Crippen LogP) is 1.89. The molecule has 1 aliphatic rings. The van der Waals surface area contributed by atoms with Crippen molar-refractivity contribution in [2.45, 2.75) is 23.9 Å². The van der Waals surface area contributed by atoms with Crippen LogP contribution >= 0.6 is 11.8 Å².